The summed E-state index contributed by atoms with van der Waals surface area (Å²) in [7, 11) is 1.62. The number of hydrogen-bond acceptors (Lipinski definition) is 4. The molecule has 0 spiro atoms. The van der Waals surface area contributed by atoms with E-state index in [9.17, 15) is 0 Å². The van der Waals surface area contributed by atoms with Crippen LogP contribution in [0.3, 0.4) is 0 Å². The first kappa shape index (κ1) is 13.9. The maximum absolute atomic E-state index is 8.82. The number of aromatic nitrogens is 1. The monoisotopic (exact) mass is 267 g/mol. The lowest BCUT2D eigenvalue weighted by atomic mass is 10.2. The van der Waals surface area contributed by atoms with Gasteiger partial charge in [-0.05, 0) is 18.2 Å². The summed E-state index contributed by atoms with van der Waals surface area (Å²) in [6.07, 6.45) is 2.20. The molecule has 1 heterocycles. The minimum Gasteiger partial charge on any atom is -0.481 e. The Morgan fingerprint density at radius 1 is 1.20 bits per heavy atom. The van der Waals surface area contributed by atoms with Gasteiger partial charge in [0.2, 0.25) is 5.88 Å². The lowest BCUT2D eigenvalue weighted by molar-refractivity contribution is 0.392. The maximum atomic E-state index is 8.82. The second-order valence-electron chi connectivity index (χ2n) is 4.34. The highest BCUT2D eigenvalue weighted by Crippen LogP contribution is 2.21. The average molecular weight is 267 g/mol. The van der Waals surface area contributed by atoms with Crippen molar-refractivity contribution < 1.29 is 4.74 Å². The van der Waals surface area contributed by atoms with Crippen molar-refractivity contribution in [3.8, 4) is 11.9 Å². The van der Waals surface area contributed by atoms with E-state index in [1.165, 1.54) is 0 Å². The van der Waals surface area contributed by atoms with Crippen molar-refractivity contribution >= 4 is 5.69 Å². The van der Waals surface area contributed by atoms with E-state index in [4.69, 9.17) is 10.00 Å². The topological polar surface area (TPSA) is 49.1 Å². The molecule has 20 heavy (non-hydrogen) atoms. The highest BCUT2D eigenvalue weighted by atomic mass is 16.5. The summed E-state index contributed by atoms with van der Waals surface area (Å²) >= 11 is 0. The fourth-order valence-electron chi connectivity index (χ4n) is 2.06. The van der Waals surface area contributed by atoms with E-state index in [0.717, 1.165) is 11.3 Å². The molecule has 1 aromatic heterocycles. The normalized spacial score (nSPS) is 9.80. The zero-order valence-electron chi connectivity index (χ0n) is 11.5. The first-order chi connectivity index (χ1) is 9.85. The number of hydrogen-bond donors (Lipinski definition) is 0. The largest absolute Gasteiger partial charge is 0.481 e. The molecule has 0 aliphatic rings. The predicted molar refractivity (Wildman–Crippen MR) is 78.5 cm³/mol. The fourth-order valence-corrected chi connectivity index (χ4v) is 2.06. The molecular formula is C16H17N3O. The quantitative estimate of drug-likeness (QED) is 0.807. The van der Waals surface area contributed by atoms with Crippen LogP contribution in [0.1, 0.15) is 12.0 Å². The van der Waals surface area contributed by atoms with E-state index in [2.05, 4.69) is 16.0 Å². The lowest BCUT2D eigenvalue weighted by Crippen LogP contribution is -2.24. The molecule has 0 saturated carbocycles. The molecule has 0 unspecified atom stereocenters. The van der Waals surface area contributed by atoms with Gasteiger partial charge in [-0.15, -0.1) is 0 Å². The molecule has 4 heteroatoms. The minimum atomic E-state index is 0.484. The molecule has 2 aromatic rings. The van der Waals surface area contributed by atoms with Crippen molar-refractivity contribution in [3.05, 3.63) is 54.2 Å². The molecule has 0 atom stereocenters. The highest BCUT2D eigenvalue weighted by Gasteiger charge is 2.10. The van der Waals surface area contributed by atoms with Gasteiger partial charge in [0.25, 0.3) is 0 Å². The van der Waals surface area contributed by atoms with Gasteiger partial charge in [-0.1, -0.05) is 24.3 Å². The molecule has 0 amide bonds. The molecule has 2 rings (SSSR count). The summed E-state index contributed by atoms with van der Waals surface area (Å²) in [6.45, 7) is 1.35. The lowest BCUT2D eigenvalue weighted by Gasteiger charge is -2.24. The number of nitrogens with zero attached hydrogens (tertiary/aromatic N) is 3. The Kier molecular flexibility index (Phi) is 4.96. The number of benzene rings is 1. The van der Waals surface area contributed by atoms with Gasteiger partial charge in [0.1, 0.15) is 0 Å². The van der Waals surface area contributed by atoms with Crippen LogP contribution in [0.5, 0.6) is 5.88 Å². The maximum Gasteiger partial charge on any atom is 0.218 e. The van der Waals surface area contributed by atoms with Crippen LogP contribution in [-0.2, 0) is 6.54 Å². The van der Waals surface area contributed by atoms with Gasteiger partial charge in [0.05, 0.1) is 19.6 Å². The predicted octanol–water partition coefficient (Wildman–Crippen LogP) is 3.01. The number of nitriles is 1. The van der Waals surface area contributed by atoms with E-state index < -0.39 is 0 Å². The third kappa shape index (κ3) is 3.48. The molecule has 1 aromatic carbocycles. The third-order valence-electron chi connectivity index (χ3n) is 3.02. The second-order valence-corrected chi connectivity index (χ2v) is 4.34. The first-order valence-corrected chi connectivity index (χ1v) is 6.50. The van der Waals surface area contributed by atoms with E-state index in [-0.39, 0.29) is 0 Å². The van der Waals surface area contributed by atoms with Gasteiger partial charge in [0.15, 0.2) is 0 Å². The van der Waals surface area contributed by atoms with Crippen LogP contribution in [0.15, 0.2) is 48.7 Å². The third-order valence-corrected chi connectivity index (χ3v) is 3.02. The zero-order valence-corrected chi connectivity index (χ0v) is 11.5. The molecular weight excluding hydrogens is 250 g/mol. The SMILES string of the molecule is COc1ncccc1CN(CCC#N)c1ccccc1. The molecule has 0 aliphatic heterocycles. The average Bonchev–Trinajstić information content (AvgIpc) is 2.52. The highest BCUT2D eigenvalue weighted by molar-refractivity contribution is 5.47. The second kappa shape index (κ2) is 7.15. The molecule has 0 radical (unpaired) electrons. The number of methoxy groups -OCH3 is 1. The number of ether oxygens (including phenoxy) is 1. The Bertz CT molecular complexity index is 578. The van der Waals surface area contributed by atoms with E-state index >= 15 is 0 Å². The Balaban J connectivity index is 2.22. The van der Waals surface area contributed by atoms with E-state index in [1.54, 1.807) is 13.3 Å². The molecule has 0 N–H and O–H groups in total. The summed E-state index contributed by atoms with van der Waals surface area (Å²) in [6, 6.07) is 16.1. The van der Waals surface area contributed by atoms with Crippen molar-refractivity contribution in [2.45, 2.75) is 13.0 Å². The van der Waals surface area contributed by atoms with Gasteiger partial charge >= 0.3 is 0 Å². The summed E-state index contributed by atoms with van der Waals surface area (Å²) in [5.41, 5.74) is 2.10. The van der Waals surface area contributed by atoms with Crippen LogP contribution in [0.2, 0.25) is 0 Å². The number of pyridine rings is 1. The summed E-state index contributed by atoms with van der Waals surface area (Å²) < 4.78 is 5.28. The minimum absolute atomic E-state index is 0.484. The number of anilines is 1. The first-order valence-electron chi connectivity index (χ1n) is 6.50. The van der Waals surface area contributed by atoms with Crippen LogP contribution >= 0.6 is 0 Å². The standard InChI is InChI=1S/C16H17N3O/c1-20-16-14(7-5-11-18-16)13-19(12-6-10-17)15-8-3-2-4-9-15/h2-5,7-9,11H,6,12-13H2,1H3. The van der Waals surface area contributed by atoms with Crippen molar-refractivity contribution in [2.24, 2.45) is 0 Å². The molecule has 0 aliphatic carbocycles. The molecule has 0 fully saturated rings. The van der Waals surface area contributed by atoms with Gasteiger partial charge in [-0.2, -0.15) is 5.26 Å². The van der Waals surface area contributed by atoms with Crippen LogP contribution in [0.4, 0.5) is 5.69 Å². The van der Waals surface area contributed by atoms with Gasteiger partial charge in [-0.3, -0.25) is 0 Å². The Labute approximate surface area is 119 Å². The molecule has 0 bridgehead atoms. The number of para-hydroxylation sites is 1. The van der Waals surface area contributed by atoms with Crippen LogP contribution < -0.4 is 9.64 Å². The molecule has 4 nitrogen and oxygen atoms in total. The van der Waals surface area contributed by atoms with Crippen LogP contribution in [0, 0.1) is 11.3 Å². The summed E-state index contributed by atoms with van der Waals surface area (Å²) in [5.74, 6) is 0.630. The van der Waals surface area contributed by atoms with Crippen molar-refractivity contribution in [3.63, 3.8) is 0 Å². The van der Waals surface area contributed by atoms with Crippen molar-refractivity contribution in [2.75, 3.05) is 18.6 Å². The van der Waals surface area contributed by atoms with Gasteiger partial charge < -0.3 is 9.64 Å². The Hall–Kier alpha value is -2.54. The summed E-state index contributed by atoms with van der Waals surface area (Å²) in [5, 5.41) is 8.82. The Morgan fingerprint density at radius 3 is 2.70 bits per heavy atom. The van der Waals surface area contributed by atoms with Crippen LogP contribution in [0.25, 0.3) is 0 Å². The number of rotatable bonds is 6. The van der Waals surface area contributed by atoms with E-state index in [0.29, 0.717) is 25.4 Å². The zero-order chi connectivity index (χ0) is 14.2. The smallest absolute Gasteiger partial charge is 0.218 e. The van der Waals surface area contributed by atoms with Crippen molar-refractivity contribution in [1.82, 2.24) is 4.98 Å². The van der Waals surface area contributed by atoms with Crippen LogP contribution in [-0.4, -0.2) is 18.6 Å². The molecule has 0 saturated heterocycles. The van der Waals surface area contributed by atoms with Crippen molar-refractivity contribution in [1.29, 1.82) is 5.26 Å². The fraction of sp³-hybridized carbons (Fsp3) is 0.250. The summed E-state index contributed by atoms with van der Waals surface area (Å²) in [4.78, 5) is 6.37. The van der Waals surface area contributed by atoms with Gasteiger partial charge in [-0.25, -0.2) is 4.98 Å². The van der Waals surface area contributed by atoms with Gasteiger partial charge in [0, 0.05) is 30.5 Å². The molecule has 102 valence electrons. The van der Waals surface area contributed by atoms with E-state index in [1.807, 2.05) is 42.5 Å². The Morgan fingerprint density at radius 2 is 2.00 bits per heavy atom.